The van der Waals surface area contributed by atoms with Crippen LogP contribution in [0.5, 0.6) is 0 Å². The Hall–Kier alpha value is -0.300. The van der Waals surface area contributed by atoms with Crippen molar-refractivity contribution in [3.63, 3.8) is 0 Å². The summed E-state index contributed by atoms with van der Waals surface area (Å²) in [5, 5.41) is 9.47. The first-order chi connectivity index (χ1) is 4.04. The smallest absolute Gasteiger partial charge is 0.0822 e. The molecule has 0 fully saturated rings. The summed E-state index contributed by atoms with van der Waals surface area (Å²) >= 11 is 0. The van der Waals surface area contributed by atoms with Gasteiger partial charge in [0.2, 0.25) is 0 Å². The van der Waals surface area contributed by atoms with Crippen LogP contribution in [-0.2, 0) is 0 Å². The molecule has 9 heavy (non-hydrogen) atoms. The largest absolute Gasteiger partial charge is 0.386 e. The molecule has 54 valence electrons. The molecule has 0 saturated heterocycles. The highest BCUT2D eigenvalue weighted by atomic mass is 16.3. The molecule has 1 nitrogen and oxygen atoms in total. The molecule has 0 rings (SSSR count). The van der Waals surface area contributed by atoms with Crippen molar-refractivity contribution in [2.75, 3.05) is 0 Å². The minimum atomic E-state index is -0.686. The molecule has 0 heterocycles. The lowest BCUT2D eigenvalue weighted by Gasteiger charge is -2.25. The predicted octanol–water partition coefficient (Wildman–Crippen LogP) is 1.97. The maximum atomic E-state index is 9.47. The Bertz CT molecular complexity index is 94.7. The van der Waals surface area contributed by atoms with Crippen molar-refractivity contribution in [3.8, 4) is 0 Å². The van der Waals surface area contributed by atoms with Crippen LogP contribution in [0, 0.1) is 5.92 Å². The van der Waals surface area contributed by atoms with Crippen molar-refractivity contribution < 1.29 is 5.11 Å². The van der Waals surface area contributed by atoms with Crippen LogP contribution in [-0.4, -0.2) is 10.7 Å². The summed E-state index contributed by atoms with van der Waals surface area (Å²) in [5.41, 5.74) is -0.686. The SMILES string of the molecule is C=CC(C)(O)C(C)CC. The summed E-state index contributed by atoms with van der Waals surface area (Å²) < 4.78 is 0. The molecule has 0 bridgehead atoms. The molecule has 2 unspecified atom stereocenters. The van der Waals surface area contributed by atoms with Crippen LogP contribution in [0.15, 0.2) is 12.7 Å². The fourth-order valence-electron chi connectivity index (χ4n) is 0.614. The molecule has 0 aliphatic heterocycles. The fourth-order valence-corrected chi connectivity index (χ4v) is 0.614. The highest BCUT2D eigenvalue weighted by Gasteiger charge is 2.21. The summed E-state index contributed by atoms with van der Waals surface area (Å²) in [5.74, 6) is 0.301. The first-order valence-corrected chi connectivity index (χ1v) is 3.40. The molecule has 0 aromatic heterocycles. The van der Waals surface area contributed by atoms with Gasteiger partial charge in [-0.15, -0.1) is 6.58 Å². The first-order valence-electron chi connectivity index (χ1n) is 3.40. The Morgan fingerprint density at radius 1 is 1.78 bits per heavy atom. The summed E-state index contributed by atoms with van der Waals surface area (Å²) in [6, 6.07) is 0. The van der Waals surface area contributed by atoms with E-state index in [0.717, 1.165) is 6.42 Å². The molecule has 1 N–H and O–H groups in total. The maximum Gasteiger partial charge on any atom is 0.0822 e. The van der Waals surface area contributed by atoms with E-state index >= 15 is 0 Å². The van der Waals surface area contributed by atoms with Crippen molar-refractivity contribution in [1.82, 2.24) is 0 Å². The maximum absolute atomic E-state index is 9.47. The molecular formula is C8H16O. The molecule has 1 heteroatoms. The second-order valence-corrected chi connectivity index (χ2v) is 2.74. The molecular weight excluding hydrogens is 112 g/mol. The van der Waals surface area contributed by atoms with E-state index in [-0.39, 0.29) is 0 Å². The predicted molar refractivity (Wildman–Crippen MR) is 40.3 cm³/mol. The van der Waals surface area contributed by atoms with Gasteiger partial charge in [-0.3, -0.25) is 0 Å². The van der Waals surface area contributed by atoms with Crippen LogP contribution >= 0.6 is 0 Å². The molecule has 0 amide bonds. The van der Waals surface area contributed by atoms with Crippen LogP contribution in [0.4, 0.5) is 0 Å². The van der Waals surface area contributed by atoms with Crippen LogP contribution < -0.4 is 0 Å². The normalized spacial score (nSPS) is 20.4. The van der Waals surface area contributed by atoms with Gasteiger partial charge in [0.15, 0.2) is 0 Å². The summed E-state index contributed by atoms with van der Waals surface area (Å²) in [6.07, 6.45) is 2.58. The van der Waals surface area contributed by atoms with Crippen molar-refractivity contribution in [3.05, 3.63) is 12.7 Å². The Morgan fingerprint density at radius 2 is 2.22 bits per heavy atom. The van der Waals surface area contributed by atoms with Crippen molar-refractivity contribution in [2.24, 2.45) is 5.92 Å². The third-order valence-electron chi connectivity index (χ3n) is 2.02. The van der Waals surface area contributed by atoms with E-state index in [1.54, 1.807) is 13.0 Å². The average molecular weight is 128 g/mol. The topological polar surface area (TPSA) is 20.2 Å². The van der Waals surface area contributed by atoms with Gasteiger partial charge in [-0.25, -0.2) is 0 Å². The lowest BCUT2D eigenvalue weighted by atomic mass is 9.89. The molecule has 0 radical (unpaired) electrons. The molecule has 2 atom stereocenters. The van der Waals surface area contributed by atoms with Crippen molar-refractivity contribution >= 4 is 0 Å². The minimum absolute atomic E-state index is 0.301. The fraction of sp³-hybridized carbons (Fsp3) is 0.750. The van der Waals surface area contributed by atoms with Crippen LogP contribution in [0.25, 0.3) is 0 Å². The zero-order valence-electron chi connectivity index (χ0n) is 6.52. The number of rotatable bonds is 3. The van der Waals surface area contributed by atoms with Crippen molar-refractivity contribution in [1.29, 1.82) is 0 Å². The number of hydrogen-bond acceptors (Lipinski definition) is 1. The Balaban J connectivity index is 3.95. The monoisotopic (exact) mass is 128 g/mol. The third kappa shape index (κ3) is 2.19. The highest BCUT2D eigenvalue weighted by molar-refractivity contribution is 4.94. The van der Waals surface area contributed by atoms with Gasteiger partial charge in [0.05, 0.1) is 5.60 Å². The number of hydrogen-bond donors (Lipinski definition) is 1. The van der Waals surface area contributed by atoms with E-state index < -0.39 is 5.60 Å². The third-order valence-corrected chi connectivity index (χ3v) is 2.02. The van der Waals surface area contributed by atoms with E-state index in [0.29, 0.717) is 5.92 Å². The second-order valence-electron chi connectivity index (χ2n) is 2.74. The van der Waals surface area contributed by atoms with Crippen LogP contribution in [0.3, 0.4) is 0 Å². The second kappa shape index (κ2) is 3.02. The van der Waals surface area contributed by atoms with Gasteiger partial charge >= 0.3 is 0 Å². The van der Waals surface area contributed by atoms with Gasteiger partial charge in [0, 0.05) is 0 Å². The summed E-state index contributed by atoms with van der Waals surface area (Å²) in [4.78, 5) is 0. The lowest BCUT2D eigenvalue weighted by molar-refractivity contribution is 0.0530. The van der Waals surface area contributed by atoms with E-state index in [1.165, 1.54) is 0 Å². The highest BCUT2D eigenvalue weighted by Crippen LogP contribution is 2.19. The lowest BCUT2D eigenvalue weighted by Crippen LogP contribution is -2.29. The quantitative estimate of drug-likeness (QED) is 0.576. The van der Waals surface area contributed by atoms with Crippen LogP contribution in [0.2, 0.25) is 0 Å². The first kappa shape index (κ1) is 8.70. The van der Waals surface area contributed by atoms with E-state index in [2.05, 4.69) is 13.5 Å². The molecule has 0 aliphatic carbocycles. The molecule has 0 aromatic rings. The zero-order chi connectivity index (χ0) is 7.49. The van der Waals surface area contributed by atoms with Gasteiger partial charge in [0.25, 0.3) is 0 Å². The van der Waals surface area contributed by atoms with E-state index in [9.17, 15) is 5.11 Å². The standard InChI is InChI=1S/C8H16O/c1-5-7(3)8(4,9)6-2/h6-7,9H,2,5H2,1,3-4H3. The summed E-state index contributed by atoms with van der Waals surface area (Å²) in [6.45, 7) is 9.41. The number of aliphatic hydroxyl groups is 1. The molecule has 0 spiro atoms. The van der Waals surface area contributed by atoms with E-state index in [4.69, 9.17) is 0 Å². The van der Waals surface area contributed by atoms with Gasteiger partial charge in [-0.1, -0.05) is 26.3 Å². The minimum Gasteiger partial charge on any atom is -0.386 e. The van der Waals surface area contributed by atoms with E-state index in [1.807, 2.05) is 6.92 Å². The zero-order valence-corrected chi connectivity index (χ0v) is 6.52. The Morgan fingerprint density at radius 3 is 2.33 bits per heavy atom. The van der Waals surface area contributed by atoms with Crippen molar-refractivity contribution in [2.45, 2.75) is 32.8 Å². The average Bonchev–Trinajstić information content (AvgIpc) is 1.86. The van der Waals surface area contributed by atoms with Crippen LogP contribution in [0.1, 0.15) is 27.2 Å². The molecule has 0 aromatic carbocycles. The Kier molecular flexibility index (Phi) is 2.92. The summed E-state index contributed by atoms with van der Waals surface area (Å²) in [7, 11) is 0. The molecule has 0 saturated carbocycles. The van der Waals surface area contributed by atoms with Gasteiger partial charge in [0.1, 0.15) is 0 Å². The van der Waals surface area contributed by atoms with Gasteiger partial charge in [-0.2, -0.15) is 0 Å². The van der Waals surface area contributed by atoms with Gasteiger partial charge < -0.3 is 5.11 Å². The van der Waals surface area contributed by atoms with Gasteiger partial charge in [-0.05, 0) is 12.8 Å². The Labute approximate surface area is 57.4 Å². The molecule has 0 aliphatic rings.